The van der Waals surface area contributed by atoms with Crippen molar-refractivity contribution in [3.63, 3.8) is 0 Å². The van der Waals surface area contributed by atoms with Crippen molar-refractivity contribution in [2.45, 2.75) is 77.0 Å². The van der Waals surface area contributed by atoms with E-state index in [0.29, 0.717) is 0 Å². The van der Waals surface area contributed by atoms with Crippen LogP contribution in [0.1, 0.15) is 88.5 Å². The van der Waals surface area contributed by atoms with Crippen LogP contribution < -0.4 is 0 Å². The van der Waals surface area contributed by atoms with Gasteiger partial charge in [0.1, 0.15) is 0 Å². The Bertz CT molecular complexity index is 443. The maximum absolute atomic E-state index is 2.42. The van der Waals surface area contributed by atoms with Crippen molar-refractivity contribution < 1.29 is 0 Å². The fourth-order valence-corrected chi connectivity index (χ4v) is 3.91. The Kier molecular flexibility index (Phi) is 2.32. The van der Waals surface area contributed by atoms with Gasteiger partial charge in [-0.05, 0) is 57.8 Å². The van der Waals surface area contributed by atoms with Gasteiger partial charge in [0, 0.05) is 0 Å². The van der Waals surface area contributed by atoms with Crippen LogP contribution in [0.5, 0.6) is 0 Å². The fourth-order valence-electron chi connectivity index (χ4n) is 3.91. The smallest absolute Gasteiger partial charge is 0.0129 e. The second-order valence-corrected chi connectivity index (χ2v) is 8.35. The predicted octanol–water partition coefficient (Wildman–Crippen LogP) is 5.26. The molecule has 2 bridgehead atoms. The van der Waals surface area contributed by atoms with E-state index in [1.54, 1.807) is 22.3 Å². The molecule has 0 spiro atoms. The molecule has 0 aromatic heterocycles. The highest BCUT2D eigenvalue weighted by Gasteiger charge is 2.46. The minimum atomic E-state index is 0.290. The van der Waals surface area contributed by atoms with E-state index in [2.05, 4.69) is 53.7 Å². The number of hydrogen-bond donors (Lipinski definition) is 0. The Labute approximate surface area is 112 Å². The molecule has 0 unspecified atom stereocenters. The van der Waals surface area contributed by atoms with Gasteiger partial charge in [0.15, 0.2) is 0 Å². The molecule has 4 rings (SSSR count). The van der Waals surface area contributed by atoms with E-state index in [9.17, 15) is 0 Å². The van der Waals surface area contributed by atoms with Gasteiger partial charge in [0.2, 0.25) is 0 Å². The summed E-state index contributed by atoms with van der Waals surface area (Å²) in [4.78, 5) is 0. The molecule has 0 radical (unpaired) electrons. The van der Waals surface area contributed by atoms with E-state index in [1.165, 1.54) is 12.8 Å². The van der Waals surface area contributed by atoms with E-state index in [0.717, 1.165) is 11.8 Å². The summed E-state index contributed by atoms with van der Waals surface area (Å²) in [7, 11) is 0. The molecule has 0 aliphatic heterocycles. The first-order chi connectivity index (χ1) is 8.19. The van der Waals surface area contributed by atoms with Crippen LogP contribution in [0.3, 0.4) is 0 Å². The van der Waals surface area contributed by atoms with Crippen molar-refractivity contribution in [3.8, 4) is 0 Å². The zero-order valence-electron chi connectivity index (χ0n) is 12.7. The lowest BCUT2D eigenvalue weighted by molar-refractivity contribution is 0.399. The van der Waals surface area contributed by atoms with Gasteiger partial charge in [-0.2, -0.15) is 0 Å². The normalized spacial score (nSPS) is 25.9. The standard InChI is InChI=1S/C18H26/c1-17(2,3)13-7-8-14(18(4,5)6)16-12-9-11(10-12)15(13)16/h7-8,11-12H,9-10H2,1-6H3. The van der Waals surface area contributed by atoms with Gasteiger partial charge in [0.25, 0.3) is 0 Å². The lowest BCUT2D eigenvalue weighted by atomic mass is 9.77. The van der Waals surface area contributed by atoms with E-state index in [-0.39, 0.29) is 10.8 Å². The third-order valence-electron chi connectivity index (χ3n) is 4.86. The van der Waals surface area contributed by atoms with Crippen LogP contribution in [0.15, 0.2) is 12.1 Å². The third-order valence-corrected chi connectivity index (χ3v) is 4.86. The maximum Gasteiger partial charge on any atom is -0.0129 e. The summed E-state index contributed by atoms with van der Waals surface area (Å²) in [6.45, 7) is 14.1. The highest BCUT2D eigenvalue weighted by molar-refractivity contribution is 5.56. The summed E-state index contributed by atoms with van der Waals surface area (Å²) >= 11 is 0. The zero-order chi connectivity index (χ0) is 13.3. The lowest BCUT2D eigenvalue weighted by Crippen LogP contribution is -2.18. The van der Waals surface area contributed by atoms with Crippen molar-refractivity contribution in [1.82, 2.24) is 0 Å². The molecule has 18 heavy (non-hydrogen) atoms. The molecule has 1 aromatic carbocycles. The van der Waals surface area contributed by atoms with Gasteiger partial charge >= 0.3 is 0 Å². The molecular formula is C18H26. The Hall–Kier alpha value is -0.780. The molecule has 3 aliphatic carbocycles. The van der Waals surface area contributed by atoms with E-state index < -0.39 is 0 Å². The molecule has 1 saturated carbocycles. The molecular weight excluding hydrogens is 216 g/mol. The van der Waals surface area contributed by atoms with Crippen LogP contribution in [0.4, 0.5) is 0 Å². The molecule has 0 heteroatoms. The largest absolute Gasteiger partial charge is 0.0579 e. The summed E-state index contributed by atoms with van der Waals surface area (Å²) in [5.74, 6) is 1.75. The topological polar surface area (TPSA) is 0 Å². The predicted molar refractivity (Wildman–Crippen MR) is 78.6 cm³/mol. The van der Waals surface area contributed by atoms with E-state index >= 15 is 0 Å². The lowest BCUT2D eigenvalue weighted by Gasteiger charge is -2.28. The average Bonchev–Trinajstić information content (AvgIpc) is 2.64. The van der Waals surface area contributed by atoms with Gasteiger partial charge in [0.05, 0.1) is 0 Å². The SMILES string of the molecule is CC(C)(C)c1ccc(C(C)(C)C)c2c1C1CC2C1. The van der Waals surface area contributed by atoms with Crippen LogP contribution in [0.2, 0.25) is 0 Å². The van der Waals surface area contributed by atoms with Crippen LogP contribution in [0.25, 0.3) is 0 Å². The summed E-state index contributed by atoms with van der Waals surface area (Å²) in [5.41, 5.74) is 7.27. The minimum absolute atomic E-state index is 0.290. The van der Waals surface area contributed by atoms with Gasteiger partial charge < -0.3 is 0 Å². The second kappa shape index (κ2) is 3.40. The molecule has 3 aliphatic rings. The summed E-state index contributed by atoms with van der Waals surface area (Å²) in [6.07, 6.45) is 2.84. The van der Waals surface area contributed by atoms with Crippen molar-refractivity contribution in [2.24, 2.45) is 0 Å². The molecule has 0 amide bonds. The molecule has 1 aromatic rings. The van der Waals surface area contributed by atoms with Gasteiger partial charge in [-0.1, -0.05) is 53.7 Å². The fraction of sp³-hybridized carbons (Fsp3) is 0.667. The van der Waals surface area contributed by atoms with Crippen LogP contribution in [-0.2, 0) is 10.8 Å². The summed E-state index contributed by atoms with van der Waals surface area (Å²) in [6, 6.07) is 4.83. The van der Waals surface area contributed by atoms with Gasteiger partial charge in [-0.15, -0.1) is 0 Å². The molecule has 0 N–H and O–H groups in total. The second-order valence-electron chi connectivity index (χ2n) is 8.35. The zero-order valence-corrected chi connectivity index (χ0v) is 12.7. The van der Waals surface area contributed by atoms with E-state index in [1.807, 2.05) is 0 Å². The highest BCUT2D eigenvalue weighted by atomic mass is 14.5. The monoisotopic (exact) mass is 242 g/mol. The highest BCUT2D eigenvalue weighted by Crippen LogP contribution is 2.61. The third kappa shape index (κ3) is 1.57. The van der Waals surface area contributed by atoms with Crippen LogP contribution in [0, 0.1) is 0 Å². The minimum Gasteiger partial charge on any atom is -0.0579 e. The quantitative estimate of drug-likeness (QED) is 0.582. The number of benzene rings is 1. The van der Waals surface area contributed by atoms with Crippen molar-refractivity contribution >= 4 is 0 Å². The Morgan fingerprint density at radius 1 is 0.722 bits per heavy atom. The first-order valence-electron chi connectivity index (χ1n) is 7.37. The Balaban J connectivity index is 2.24. The Morgan fingerprint density at radius 2 is 1.06 bits per heavy atom. The van der Waals surface area contributed by atoms with Crippen molar-refractivity contribution in [1.29, 1.82) is 0 Å². The van der Waals surface area contributed by atoms with Gasteiger partial charge in [-0.25, -0.2) is 0 Å². The summed E-state index contributed by atoms with van der Waals surface area (Å²) < 4.78 is 0. The Morgan fingerprint density at radius 3 is 1.33 bits per heavy atom. The first kappa shape index (κ1) is 12.3. The molecule has 98 valence electrons. The maximum atomic E-state index is 2.42. The molecule has 0 nitrogen and oxygen atoms in total. The molecule has 0 heterocycles. The van der Waals surface area contributed by atoms with Crippen molar-refractivity contribution in [3.05, 3.63) is 34.4 Å². The molecule has 1 fully saturated rings. The molecule has 0 saturated heterocycles. The van der Waals surface area contributed by atoms with Crippen LogP contribution in [-0.4, -0.2) is 0 Å². The van der Waals surface area contributed by atoms with Crippen LogP contribution >= 0.6 is 0 Å². The molecule has 0 atom stereocenters. The number of rotatable bonds is 0. The average molecular weight is 242 g/mol. The number of hydrogen-bond acceptors (Lipinski definition) is 0. The summed E-state index contributed by atoms with van der Waals surface area (Å²) in [5, 5.41) is 0. The van der Waals surface area contributed by atoms with Crippen molar-refractivity contribution in [2.75, 3.05) is 0 Å². The van der Waals surface area contributed by atoms with Gasteiger partial charge in [-0.3, -0.25) is 0 Å². The first-order valence-corrected chi connectivity index (χ1v) is 7.37. The van der Waals surface area contributed by atoms with E-state index in [4.69, 9.17) is 0 Å².